The van der Waals surface area contributed by atoms with Gasteiger partial charge in [-0.05, 0) is 30.7 Å². The van der Waals surface area contributed by atoms with E-state index >= 15 is 0 Å². The van der Waals surface area contributed by atoms with E-state index in [1.807, 2.05) is 36.4 Å². The molecule has 1 aromatic carbocycles. The Bertz CT molecular complexity index is 1050. The first kappa shape index (κ1) is 21.0. The van der Waals surface area contributed by atoms with Crippen LogP contribution in [0.15, 0.2) is 42.5 Å². The van der Waals surface area contributed by atoms with Crippen LogP contribution in [-0.2, 0) is 0 Å². The molecule has 1 aliphatic heterocycles. The van der Waals surface area contributed by atoms with Crippen molar-refractivity contribution in [3.8, 4) is 28.9 Å². The Labute approximate surface area is 184 Å². The first-order chi connectivity index (χ1) is 15.1. The van der Waals surface area contributed by atoms with Gasteiger partial charge in [0.2, 0.25) is 12.2 Å². The lowest BCUT2D eigenvalue weighted by atomic mass is 10.1. The molecule has 4 rings (SSSR count). The Morgan fingerprint density at radius 1 is 1.13 bits per heavy atom. The van der Waals surface area contributed by atoms with Gasteiger partial charge < -0.3 is 29.5 Å². The highest BCUT2D eigenvalue weighted by atomic mass is 35.5. The van der Waals surface area contributed by atoms with Crippen molar-refractivity contribution in [2.24, 2.45) is 0 Å². The number of nitrogens with one attached hydrogen (secondary N) is 1. The average Bonchev–Trinajstić information content (AvgIpc) is 3.00. The number of aliphatic hydroxyl groups is 1. The zero-order chi connectivity index (χ0) is 21.8. The third kappa shape index (κ3) is 4.73. The number of rotatable bonds is 6. The third-order valence-electron chi connectivity index (χ3n) is 4.68. The van der Waals surface area contributed by atoms with Gasteiger partial charge in [0.05, 0.1) is 26.5 Å². The van der Waals surface area contributed by atoms with Crippen molar-refractivity contribution in [3.05, 3.63) is 47.5 Å². The number of nitrogens with zero attached hydrogens (tertiary/aromatic N) is 4. The normalized spacial score (nSPS) is 14.1. The Kier molecular flexibility index (Phi) is 6.24. The van der Waals surface area contributed by atoms with Gasteiger partial charge in [0.1, 0.15) is 5.82 Å². The number of halogens is 1. The third-order valence-corrected chi connectivity index (χ3v) is 4.91. The zero-order valence-electron chi connectivity index (χ0n) is 17.1. The standard InChI is InChI=1S/C21H22ClN5O4/c1-29-18-12-17(24-20(26-18)30-2)25-21(28)27-9-4-10-31-16-8-7-15(23-19(16)27)13-5-3-6-14(22)11-13/h3,5-8,11-12,21,28H,4,9-10H2,1-2H3,(H,24,25,26). The average molecular weight is 444 g/mol. The predicted octanol–water partition coefficient (Wildman–Crippen LogP) is 3.19. The zero-order valence-corrected chi connectivity index (χ0v) is 17.8. The monoisotopic (exact) mass is 443 g/mol. The number of hydrogen-bond donors (Lipinski definition) is 2. The number of ether oxygens (including phenoxy) is 3. The fraction of sp³-hybridized carbons (Fsp3) is 0.286. The maximum absolute atomic E-state index is 11.0. The second-order valence-corrected chi connectivity index (χ2v) is 7.16. The van der Waals surface area contributed by atoms with Crippen LogP contribution >= 0.6 is 11.6 Å². The van der Waals surface area contributed by atoms with E-state index in [0.717, 1.165) is 5.56 Å². The molecule has 0 fully saturated rings. The van der Waals surface area contributed by atoms with E-state index in [9.17, 15) is 5.11 Å². The minimum Gasteiger partial charge on any atom is -0.490 e. The molecule has 1 atom stereocenters. The van der Waals surface area contributed by atoms with Gasteiger partial charge in [-0.3, -0.25) is 0 Å². The summed E-state index contributed by atoms with van der Waals surface area (Å²) in [6, 6.07) is 12.8. The van der Waals surface area contributed by atoms with Gasteiger partial charge in [0.15, 0.2) is 11.6 Å². The Morgan fingerprint density at radius 3 is 2.77 bits per heavy atom. The molecule has 0 radical (unpaired) electrons. The topological polar surface area (TPSA) is 102 Å². The van der Waals surface area contributed by atoms with Crippen molar-refractivity contribution in [1.82, 2.24) is 15.0 Å². The lowest BCUT2D eigenvalue weighted by Gasteiger charge is -2.29. The van der Waals surface area contributed by atoms with Crippen LogP contribution in [0.25, 0.3) is 11.3 Å². The molecule has 0 amide bonds. The molecule has 10 heteroatoms. The molecule has 162 valence electrons. The summed E-state index contributed by atoms with van der Waals surface area (Å²) >= 11 is 6.14. The molecule has 0 spiro atoms. The second-order valence-electron chi connectivity index (χ2n) is 6.72. The summed E-state index contributed by atoms with van der Waals surface area (Å²) < 4.78 is 16.1. The SMILES string of the molecule is COc1cc(NC(O)N2CCCOc3ccc(-c4cccc(Cl)c4)nc32)nc(OC)n1. The van der Waals surface area contributed by atoms with Crippen molar-refractivity contribution >= 4 is 23.2 Å². The molecule has 2 N–H and O–H groups in total. The van der Waals surface area contributed by atoms with Crippen LogP contribution in [0.4, 0.5) is 11.6 Å². The molecular weight excluding hydrogens is 422 g/mol. The number of hydrogen-bond acceptors (Lipinski definition) is 9. The van der Waals surface area contributed by atoms with Crippen LogP contribution in [-0.4, -0.2) is 53.8 Å². The smallest absolute Gasteiger partial charge is 0.321 e. The molecule has 2 aromatic heterocycles. The van der Waals surface area contributed by atoms with Gasteiger partial charge in [-0.1, -0.05) is 23.7 Å². The number of aromatic nitrogens is 3. The van der Waals surface area contributed by atoms with Crippen molar-refractivity contribution < 1.29 is 19.3 Å². The molecule has 3 aromatic rings. The van der Waals surface area contributed by atoms with E-state index in [2.05, 4.69) is 15.3 Å². The quantitative estimate of drug-likeness (QED) is 0.556. The molecule has 31 heavy (non-hydrogen) atoms. The largest absolute Gasteiger partial charge is 0.490 e. The maximum Gasteiger partial charge on any atom is 0.321 e. The number of aliphatic hydroxyl groups excluding tert-OH is 1. The van der Waals surface area contributed by atoms with E-state index in [1.165, 1.54) is 14.2 Å². The van der Waals surface area contributed by atoms with E-state index in [0.29, 0.717) is 53.6 Å². The lowest BCUT2D eigenvalue weighted by molar-refractivity contribution is 0.195. The Morgan fingerprint density at radius 2 is 2.00 bits per heavy atom. The molecule has 9 nitrogen and oxygen atoms in total. The molecule has 0 bridgehead atoms. The highest BCUT2D eigenvalue weighted by Gasteiger charge is 2.25. The van der Waals surface area contributed by atoms with Gasteiger partial charge in [-0.25, -0.2) is 4.98 Å². The Hall–Kier alpha value is -3.30. The number of methoxy groups -OCH3 is 2. The summed E-state index contributed by atoms with van der Waals surface area (Å²) in [4.78, 5) is 14.7. The first-order valence-electron chi connectivity index (χ1n) is 9.65. The summed E-state index contributed by atoms with van der Waals surface area (Å²) in [7, 11) is 2.95. The van der Waals surface area contributed by atoms with Crippen LogP contribution in [0, 0.1) is 0 Å². The van der Waals surface area contributed by atoms with E-state index < -0.39 is 6.35 Å². The fourth-order valence-corrected chi connectivity index (χ4v) is 3.40. The first-order valence-corrected chi connectivity index (χ1v) is 10.0. The number of benzene rings is 1. The summed E-state index contributed by atoms with van der Waals surface area (Å²) in [6.45, 7) is 1.04. The molecule has 0 aliphatic carbocycles. The van der Waals surface area contributed by atoms with Gasteiger partial charge in [-0.2, -0.15) is 9.97 Å². The highest BCUT2D eigenvalue weighted by molar-refractivity contribution is 6.30. The minimum absolute atomic E-state index is 0.120. The fourth-order valence-electron chi connectivity index (χ4n) is 3.21. The van der Waals surface area contributed by atoms with Gasteiger partial charge >= 0.3 is 6.01 Å². The maximum atomic E-state index is 11.0. The number of anilines is 2. The van der Waals surface area contributed by atoms with Crippen LogP contribution in [0.1, 0.15) is 6.42 Å². The van der Waals surface area contributed by atoms with Crippen molar-refractivity contribution in [2.45, 2.75) is 12.8 Å². The second kappa shape index (κ2) is 9.23. The Balaban J connectivity index is 1.65. The summed E-state index contributed by atoms with van der Waals surface area (Å²) in [5, 5.41) is 14.6. The van der Waals surface area contributed by atoms with Gasteiger partial charge in [0, 0.05) is 23.2 Å². The van der Waals surface area contributed by atoms with Gasteiger partial charge in [0.25, 0.3) is 0 Å². The van der Waals surface area contributed by atoms with E-state index in [4.69, 9.17) is 30.8 Å². The highest BCUT2D eigenvalue weighted by Crippen LogP contribution is 2.33. The van der Waals surface area contributed by atoms with Crippen molar-refractivity contribution in [2.75, 3.05) is 37.6 Å². The molecule has 0 saturated heterocycles. The number of pyridine rings is 1. The van der Waals surface area contributed by atoms with Gasteiger partial charge in [-0.15, -0.1) is 0 Å². The summed E-state index contributed by atoms with van der Waals surface area (Å²) in [6.07, 6.45) is -0.426. The van der Waals surface area contributed by atoms with E-state index in [-0.39, 0.29) is 6.01 Å². The van der Waals surface area contributed by atoms with Crippen LogP contribution in [0.2, 0.25) is 5.02 Å². The molecule has 0 saturated carbocycles. The van der Waals surface area contributed by atoms with Crippen molar-refractivity contribution in [1.29, 1.82) is 0 Å². The summed E-state index contributed by atoms with van der Waals surface area (Å²) in [5.41, 5.74) is 1.58. The minimum atomic E-state index is -1.13. The molecule has 1 unspecified atom stereocenters. The molecule has 1 aliphatic rings. The van der Waals surface area contributed by atoms with Crippen LogP contribution in [0.5, 0.6) is 17.6 Å². The molecule has 3 heterocycles. The van der Waals surface area contributed by atoms with Crippen LogP contribution in [0.3, 0.4) is 0 Å². The lowest BCUT2D eigenvalue weighted by Crippen LogP contribution is -2.42. The van der Waals surface area contributed by atoms with E-state index in [1.54, 1.807) is 11.0 Å². The summed E-state index contributed by atoms with van der Waals surface area (Å²) in [5.74, 6) is 1.75. The number of fused-ring (bicyclic) bond motifs is 1. The van der Waals surface area contributed by atoms with Crippen LogP contribution < -0.4 is 24.4 Å². The molecular formula is C21H22ClN5O4. The predicted molar refractivity (Wildman–Crippen MR) is 117 cm³/mol. The van der Waals surface area contributed by atoms with Crippen molar-refractivity contribution in [3.63, 3.8) is 0 Å².